The van der Waals surface area contributed by atoms with Gasteiger partial charge >= 0.3 is 0 Å². The number of hydrogen-bond donors (Lipinski definition) is 1. The van der Waals surface area contributed by atoms with Crippen molar-refractivity contribution in [2.45, 2.75) is 6.61 Å². The summed E-state index contributed by atoms with van der Waals surface area (Å²) >= 11 is 0. The summed E-state index contributed by atoms with van der Waals surface area (Å²) in [7, 11) is 1.41. The number of nitrogens with zero attached hydrogens (tertiary/aromatic N) is 1. The maximum atomic E-state index is 14.0. The minimum absolute atomic E-state index is 0.0571. The molecule has 0 bridgehead atoms. The first-order valence-corrected chi connectivity index (χ1v) is 6.23. The normalized spacial score (nSPS) is 9.67. The highest BCUT2D eigenvalue weighted by Gasteiger charge is 2.08. The van der Waals surface area contributed by atoms with Crippen LogP contribution in [0.1, 0.15) is 11.1 Å². The van der Waals surface area contributed by atoms with Gasteiger partial charge in [-0.1, -0.05) is 24.0 Å². The quantitative estimate of drug-likeness (QED) is 0.875. The Bertz CT molecular complexity index is 677. The number of pyridine rings is 1. The van der Waals surface area contributed by atoms with Crippen LogP contribution in [0, 0.1) is 17.7 Å². The van der Waals surface area contributed by atoms with E-state index in [0.29, 0.717) is 16.9 Å². The molecule has 108 valence electrons. The number of aliphatic hydroxyl groups is 1. The maximum Gasteiger partial charge on any atom is 0.171 e. The van der Waals surface area contributed by atoms with Crippen LogP contribution in [0.3, 0.4) is 0 Å². The van der Waals surface area contributed by atoms with E-state index in [0.717, 1.165) is 0 Å². The van der Waals surface area contributed by atoms with Crippen molar-refractivity contribution < 1.29 is 19.0 Å². The van der Waals surface area contributed by atoms with Crippen molar-refractivity contribution >= 4 is 0 Å². The Hall–Kier alpha value is -2.58. The first-order valence-electron chi connectivity index (χ1n) is 6.23. The number of ether oxygens (including phenoxy) is 2. The highest BCUT2D eigenvalue weighted by atomic mass is 19.1. The SMILES string of the molecule is COc1cccc(COc2cncc(C#CCO)c2)c1F. The van der Waals surface area contributed by atoms with Gasteiger partial charge in [-0.05, 0) is 12.1 Å². The Morgan fingerprint density at radius 2 is 2.19 bits per heavy atom. The van der Waals surface area contributed by atoms with Crippen LogP contribution < -0.4 is 9.47 Å². The summed E-state index contributed by atoms with van der Waals surface area (Å²) in [6, 6.07) is 6.54. The third-order valence-electron chi connectivity index (χ3n) is 2.68. The molecule has 4 nitrogen and oxygen atoms in total. The van der Waals surface area contributed by atoms with E-state index in [4.69, 9.17) is 14.6 Å². The van der Waals surface area contributed by atoms with E-state index in [2.05, 4.69) is 16.8 Å². The van der Waals surface area contributed by atoms with Gasteiger partial charge in [0.15, 0.2) is 11.6 Å². The molecule has 1 heterocycles. The van der Waals surface area contributed by atoms with Gasteiger partial charge in [0.1, 0.15) is 19.0 Å². The van der Waals surface area contributed by atoms with Crippen molar-refractivity contribution in [3.63, 3.8) is 0 Å². The Morgan fingerprint density at radius 1 is 1.33 bits per heavy atom. The molecule has 1 aromatic heterocycles. The van der Waals surface area contributed by atoms with E-state index in [1.54, 1.807) is 30.5 Å². The third-order valence-corrected chi connectivity index (χ3v) is 2.68. The minimum atomic E-state index is -0.441. The first-order chi connectivity index (χ1) is 10.2. The zero-order valence-corrected chi connectivity index (χ0v) is 11.5. The van der Waals surface area contributed by atoms with Gasteiger partial charge in [0, 0.05) is 17.3 Å². The Kier molecular flexibility index (Phi) is 5.13. The summed E-state index contributed by atoms with van der Waals surface area (Å²) in [6.07, 6.45) is 3.07. The number of halogens is 1. The summed E-state index contributed by atoms with van der Waals surface area (Å²) in [5.74, 6) is 5.46. The average Bonchev–Trinajstić information content (AvgIpc) is 2.52. The van der Waals surface area contributed by atoms with E-state index < -0.39 is 5.82 Å². The molecule has 0 fully saturated rings. The van der Waals surface area contributed by atoms with Crippen LogP contribution in [0.2, 0.25) is 0 Å². The molecule has 0 aliphatic carbocycles. The first kappa shape index (κ1) is 14.8. The molecule has 2 rings (SSSR count). The number of aromatic nitrogens is 1. The largest absolute Gasteiger partial charge is 0.494 e. The lowest BCUT2D eigenvalue weighted by atomic mass is 10.2. The van der Waals surface area contributed by atoms with Crippen molar-refractivity contribution in [2.75, 3.05) is 13.7 Å². The van der Waals surface area contributed by atoms with E-state index in [9.17, 15) is 4.39 Å². The molecule has 0 saturated carbocycles. The van der Waals surface area contributed by atoms with Crippen LogP contribution >= 0.6 is 0 Å². The highest BCUT2D eigenvalue weighted by molar-refractivity contribution is 5.37. The molecule has 2 aromatic rings. The molecule has 21 heavy (non-hydrogen) atoms. The lowest BCUT2D eigenvalue weighted by Gasteiger charge is -2.09. The molecule has 0 atom stereocenters. The number of methoxy groups -OCH3 is 1. The second-order valence-electron chi connectivity index (χ2n) is 4.09. The molecule has 0 saturated heterocycles. The lowest BCUT2D eigenvalue weighted by Crippen LogP contribution is -2.01. The van der Waals surface area contributed by atoms with Crippen molar-refractivity contribution in [1.29, 1.82) is 0 Å². The second-order valence-corrected chi connectivity index (χ2v) is 4.09. The predicted molar refractivity (Wildman–Crippen MR) is 75.5 cm³/mol. The highest BCUT2D eigenvalue weighted by Crippen LogP contribution is 2.21. The van der Waals surface area contributed by atoms with Crippen molar-refractivity contribution in [2.24, 2.45) is 0 Å². The predicted octanol–water partition coefficient (Wildman–Crippen LogP) is 2.15. The molecule has 0 aliphatic heterocycles. The Labute approximate surface area is 122 Å². The number of rotatable bonds is 4. The van der Waals surface area contributed by atoms with Crippen molar-refractivity contribution in [3.8, 4) is 23.3 Å². The number of benzene rings is 1. The van der Waals surface area contributed by atoms with E-state index in [1.165, 1.54) is 13.3 Å². The molecular formula is C16H14FNO3. The van der Waals surface area contributed by atoms with E-state index in [1.807, 2.05) is 0 Å². The van der Waals surface area contributed by atoms with Gasteiger partial charge in [-0.2, -0.15) is 0 Å². The van der Waals surface area contributed by atoms with Crippen LogP contribution in [0.4, 0.5) is 4.39 Å². The van der Waals surface area contributed by atoms with Gasteiger partial charge < -0.3 is 14.6 Å². The van der Waals surface area contributed by atoms with Gasteiger partial charge in [0.05, 0.1) is 13.3 Å². The molecule has 1 N–H and O–H groups in total. The summed E-state index contributed by atoms with van der Waals surface area (Å²) < 4.78 is 24.4. The van der Waals surface area contributed by atoms with Crippen molar-refractivity contribution in [3.05, 3.63) is 53.6 Å². The number of aliphatic hydroxyl groups excluding tert-OH is 1. The second kappa shape index (κ2) is 7.27. The lowest BCUT2D eigenvalue weighted by molar-refractivity contribution is 0.294. The van der Waals surface area contributed by atoms with Gasteiger partial charge in [-0.3, -0.25) is 4.98 Å². The van der Waals surface area contributed by atoms with Gasteiger partial charge in [0.2, 0.25) is 0 Å². The Balaban J connectivity index is 2.10. The van der Waals surface area contributed by atoms with Gasteiger partial charge in [-0.15, -0.1) is 0 Å². The fraction of sp³-hybridized carbons (Fsp3) is 0.188. The van der Waals surface area contributed by atoms with Crippen LogP contribution in [0.25, 0.3) is 0 Å². The van der Waals surface area contributed by atoms with Crippen LogP contribution in [0.5, 0.6) is 11.5 Å². The average molecular weight is 287 g/mol. The summed E-state index contributed by atoms with van der Waals surface area (Å²) in [5.41, 5.74) is 1.01. The maximum absolute atomic E-state index is 14.0. The monoisotopic (exact) mass is 287 g/mol. The van der Waals surface area contributed by atoms with Gasteiger partial charge in [-0.25, -0.2) is 4.39 Å². The fourth-order valence-corrected chi connectivity index (χ4v) is 1.69. The fourth-order valence-electron chi connectivity index (χ4n) is 1.69. The van der Waals surface area contributed by atoms with Crippen LogP contribution in [-0.2, 0) is 6.61 Å². The van der Waals surface area contributed by atoms with Crippen LogP contribution in [-0.4, -0.2) is 23.8 Å². The summed E-state index contributed by atoms with van der Waals surface area (Å²) in [4.78, 5) is 3.98. The zero-order valence-electron chi connectivity index (χ0n) is 11.5. The standard InChI is InChI=1S/C16H14FNO3/c1-20-15-6-2-5-13(16(15)17)11-21-14-8-12(4-3-7-19)9-18-10-14/h2,5-6,8-10,19H,7,11H2,1H3. The Morgan fingerprint density at radius 3 is 2.95 bits per heavy atom. The number of hydrogen-bond acceptors (Lipinski definition) is 4. The zero-order chi connectivity index (χ0) is 15.1. The molecule has 0 unspecified atom stereocenters. The topological polar surface area (TPSA) is 51.6 Å². The van der Waals surface area contributed by atoms with E-state index in [-0.39, 0.29) is 19.0 Å². The smallest absolute Gasteiger partial charge is 0.171 e. The third kappa shape index (κ3) is 3.94. The van der Waals surface area contributed by atoms with E-state index >= 15 is 0 Å². The molecule has 0 spiro atoms. The molecule has 1 aromatic carbocycles. The molecule has 5 heteroatoms. The van der Waals surface area contributed by atoms with Crippen LogP contribution in [0.15, 0.2) is 36.7 Å². The van der Waals surface area contributed by atoms with Gasteiger partial charge in [0.25, 0.3) is 0 Å². The minimum Gasteiger partial charge on any atom is -0.494 e. The summed E-state index contributed by atoms with van der Waals surface area (Å²) in [6.45, 7) is -0.165. The molecular weight excluding hydrogens is 273 g/mol. The molecule has 0 radical (unpaired) electrons. The molecule has 0 amide bonds. The molecule has 0 aliphatic rings. The summed E-state index contributed by atoms with van der Waals surface area (Å²) in [5, 5.41) is 8.65. The van der Waals surface area contributed by atoms with Crippen molar-refractivity contribution in [1.82, 2.24) is 4.98 Å².